The number of rotatable bonds is 2. The Labute approximate surface area is 87.6 Å². The molecular formula is C8H15N3O4. The Morgan fingerprint density at radius 2 is 2.07 bits per heavy atom. The lowest BCUT2D eigenvalue weighted by Crippen LogP contribution is -2.23. The van der Waals surface area contributed by atoms with Gasteiger partial charge in [-0.15, -0.1) is 0 Å². The Morgan fingerprint density at radius 3 is 2.40 bits per heavy atom. The minimum atomic E-state index is -0.830. The number of nitrogens with zero attached hydrogens (tertiary/aromatic N) is 2. The maximum Gasteiger partial charge on any atom is 0.457 e. The van der Waals surface area contributed by atoms with Gasteiger partial charge in [-0.25, -0.2) is 4.79 Å². The smallest absolute Gasteiger partial charge is 0.358 e. The molecule has 0 spiro atoms. The average Bonchev–Trinajstić information content (AvgIpc) is 2.09. The lowest BCUT2D eigenvalue weighted by Gasteiger charge is -2.14. The van der Waals surface area contributed by atoms with E-state index in [0.29, 0.717) is 0 Å². The standard InChI is InChI=1S/C8H15N3O4/c1-8(2,3)5-6(11(13)14)10-15-7(12)9-4/h5H2,1-4H3,(H,9,12). The number of amidine groups is 1. The van der Waals surface area contributed by atoms with Crippen molar-refractivity contribution in [2.24, 2.45) is 10.6 Å². The maximum absolute atomic E-state index is 10.6. The summed E-state index contributed by atoms with van der Waals surface area (Å²) in [5, 5.41) is 15.9. The molecule has 0 saturated carbocycles. The molecule has 86 valence electrons. The van der Waals surface area contributed by atoms with Gasteiger partial charge in [-0.3, -0.25) is 0 Å². The molecular weight excluding hydrogens is 202 g/mol. The predicted octanol–water partition coefficient (Wildman–Crippen LogP) is 1.37. The summed E-state index contributed by atoms with van der Waals surface area (Å²) in [6.07, 6.45) is -0.708. The van der Waals surface area contributed by atoms with Crippen LogP contribution in [-0.4, -0.2) is 23.9 Å². The molecule has 0 aromatic rings. The van der Waals surface area contributed by atoms with Crippen LogP contribution in [0.1, 0.15) is 27.2 Å². The van der Waals surface area contributed by atoms with Crippen molar-refractivity contribution in [1.82, 2.24) is 5.32 Å². The van der Waals surface area contributed by atoms with E-state index in [0.717, 1.165) is 0 Å². The molecule has 1 amide bonds. The molecule has 0 aliphatic heterocycles. The molecule has 0 aromatic heterocycles. The van der Waals surface area contributed by atoms with E-state index >= 15 is 0 Å². The van der Waals surface area contributed by atoms with Crippen molar-refractivity contribution in [2.75, 3.05) is 7.05 Å². The number of nitrogens with one attached hydrogen (secondary N) is 1. The molecule has 0 saturated heterocycles. The molecule has 0 radical (unpaired) electrons. The van der Waals surface area contributed by atoms with Gasteiger partial charge in [0.2, 0.25) is 0 Å². The summed E-state index contributed by atoms with van der Waals surface area (Å²) in [5.41, 5.74) is -0.294. The zero-order valence-corrected chi connectivity index (χ0v) is 9.23. The SMILES string of the molecule is CNC(=O)ON=C(CC(C)(C)C)[N+](=O)[O-]. The molecule has 0 aliphatic carbocycles. The van der Waals surface area contributed by atoms with Crippen LogP contribution in [0.25, 0.3) is 0 Å². The van der Waals surface area contributed by atoms with Gasteiger partial charge in [0, 0.05) is 7.05 Å². The Bertz CT molecular complexity index is 280. The van der Waals surface area contributed by atoms with Gasteiger partial charge in [0.15, 0.2) is 5.16 Å². The van der Waals surface area contributed by atoms with Gasteiger partial charge in [0.25, 0.3) is 0 Å². The van der Waals surface area contributed by atoms with E-state index in [1.165, 1.54) is 7.05 Å². The van der Waals surface area contributed by atoms with Crippen LogP contribution in [-0.2, 0) is 4.84 Å². The molecule has 7 heteroatoms. The Hall–Kier alpha value is -1.66. The number of carbonyl (C=O) groups is 1. The van der Waals surface area contributed by atoms with E-state index < -0.39 is 11.0 Å². The number of hydrogen-bond acceptors (Lipinski definition) is 5. The van der Waals surface area contributed by atoms with Gasteiger partial charge < -0.3 is 15.4 Å². The van der Waals surface area contributed by atoms with E-state index in [2.05, 4.69) is 15.3 Å². The highest BCUT2D eigenvalue weighted by Gasteiger charge is 2.24. The first-order chi connectivity index (χ1) is 6.76. The minimum Gasteiger partial charge on any atom is -0.358 e. The average molecular weight is 217 g/mol. The van der Waals surface area contributed by atoms with Crippen molar-refractivity contribution < 1.29 is 14.6 Å². The van der Waals surface area contributed by atoms with Gasteiger partial charge in [-0.1, -0.05) is 20.8 Å². The van der Waals surface area contributed by atoms with Crippen LogP contribution < -0.4 is 5.32 Å². The zero-order valence-electron chi connectivity index (χ0n) is 9.23. The molecule has 0 heterocycles. The lowest BCUT2D eigenvalue weighted by atomic mass is 9.92. The van der Waals surface area contributed by atoms with Crippen LogP contribution in [0.3, 0.4) is 0 Å². The number of hydrogen-bond donors (Lipinski definition) is 1. The van der Waals surface area contributed by atoms with Crippen molar-refractivity contribution >= 4 is 11.9 Å². The summed E-state index contributed by atoms with van der Waals surface area (Å²) in [5.74, 6) is -0.369. The molecule has 0 bridgehead atoms. The van der Waals surface area contributed by atoms with E-state index in [9.17, 15) is 14.9 Å². The quantitative estimate of drug-likeness (QED) is 0.248. The Balaban J connectivity index is 4.53. The molecule has 15 heavy (non-hydrogen) atoms. The molecule has 0 rings (SSSR count). The van der Waals surface area contributed by atoms with Gasteiger partial charge >= 0.3 is 11.9 Å². The second kappa shape index (κ2) is 5.28. The highest BCUT2D eigenvalue weighted by atomic mass is 16.7. The third-order valence-electron chi connectivity index (χ3n) is 1.34. The summed E-state index contributed by atoms with van der Waals surface area (Å²) in [6.45, 7) is 5.48. The van der Waals surface area contributed by atoms with Crippen LogP contribution in [0, 0.1) is 15.5 Å². The van der Waals surface area contributed by atoms with Crippen LogP contribution in [0.15, 0.2) is 5.16 Å². The Kier molecular flexibility index (Phi) is 4.69. The molecule has 0 atom stereocenters. The van der Waals surface area contributed by atoms with Gasteiger partial charge in [-0.05, 0) is 10.3 Å². The summed E-state index contributed by atoms with van der Waals surface area (Å²) in [4.78, 5) is 24.8. The van der Waals surface area contributed by atoms with Crippen LogP contribution >= 0.6 is 0 Å². The van der Waals surface area contributed by atoms with Crippen molar-refractivity contribution in [3.63, 3.8) is 0 Å². The fourth-order valence-electron chi connectivity index (χ4n) is 0.744. The maximum atomic E-state index is 10.6. The molecule has 0 fully saturated rings. The van der Waals surface area contributed by atoms with Crippen LogP contribution in [0.2, 0.25) is 0 Å². The number of oxime groups is 1. The van der Waals surface area contributed by atoms with Crippen molar-refractivity contribution in [3.8, 4) is 0 Å². The first-order valence-corrected chi connectivity index (χ1v) is 4.36. The van der Waals surface area contributed by atoms with Crippen LogP contribution in [0.4, 0.5) is 4.79 Å². The normalized spacial score (nSPS) is 12.1. The van der Waals surface area contributed by atoms with Gasteiger partial charge in [0.1, 0.15) is 0 Å². The highest BCUT2D eigenvalue weighted by Crippen LogP contribution is 2.19. The first kappa shape index (κ1) is 13.3. The summed E-state index contributed by atoms with van der Waals surface area (Å²) < 4.78 is 0. The van der Waals surface area contributed by atoms with Crippen molar-refractivity contribution in [3.05, 3.63) is 10.1 Å². The lowest BCUT2D eigenvalue weighted by molar-refractivity contribution is -0.356. The summed E-state index contributed by atoms with van der Waals surface area (Å²) in [6, 6.07) is 0. The molecule has 0 aromatic carbocycles. The number of amides is 1. The molecule has 0 unspecified atom stereocenters. The van der Waals surface area contributed by atoms with Gasteiger partial charge in [-0.2, -0.15) is 4.84 Å². The van der Waals surface area contributed by atoms with E-state index in [-0.39, 0.29) is 17.7 Å². The monoisotopic (exact) mass is 217 g/mol. The minimum absolute atomic E-state index is 0.122. The van der Waals surface area contributed by atoms with Crippen molar-refractivity contribution in [2.45, 2.75) is 27.2 Å². The van der Waals surface area contributed by atoms with E-state index in [4.69, 9.17) is 0 Å². The molecule has 7 nitrogen and oxygen atoms in total. The van der Waals surface area contributed by atoms with Crippen LogP contribution in [0.5, 0.6) is 0 Å². The second-order valence-electron chi connectivity index (χ2n) is 4.13. The second-order valence-corrected chi connectivity index (χ2v) is 4.13. The third-order valence-corrected chi connectivity index (χ3v) is 1.34. The van der Waals surface area contributed by atoms with Crippen molar-refractivity contribution in [1.29, 1.82) is 0 Å². The highest BCUT2D eigenvalue weighted by molar-refractivity contribution is 5.75. The fourth-order valence-corrected chi connectivity index (χ4v) is 0.744. The largest absolute Gasteiger partial charge is 0.457 e. The number of carbonyl (C=O) groups excluding carboxylic acids is 1. The summed E-state index contributed by atoms with van der Waals surface area (Å²) >= 11 is 0. The summed E-state index contributed by atoms with van der Waals surface area (Å²) in [7, 11) is 1.34. The molecule has 0 aliphatic rings. The predicted molar refractivity (Wildman–Crippen MR) is 54.0 cm³/mol. The third kappa shape index (κ3) is 6.42. The topological polar surface area (TPSA) is 93.8 Å². The molecule has 1 N–H and O–H groups in total. The fraction of sp³-hybridized carbons (Fsp3) is 0.750. The van der Waals surface area contributed by atoms with Gasteiger partial charge in [0.05, 0.1) is 6.42 Å². The zero-order chi connectivity index (χ0) is 12.1. The van der Waals surface area contributed by atoms with E-state index in [1.54, 1.807) is 0 Å². The van der Waals surface area contributed by atoms with E-state index in [1.807, 2.05) is 20.8 Å². The first-order valence-electron chi connectivity index (χ1n) is 4.36. The number of nitro groups is 1. The Morgan fingerprint density at radius 1 is 1.53 bits per heavy atom.